The molecule has 0 atom stereocenters. The second kappa shape index (κ2) is 5.37. The normalized spacial score (nSPS) is 11.2. The van der Waals surface area contributed by atoms with E-state index in [1.807, 2.05) is 38.1 Å². The van der Waals surface area contributed by atoms with Gasteiger partial charge in [0.25, 0.3) is 0 Å². The molecule has 0 amide bonds. The molecule has 0 aliphatic rings. The summed E-state index contributed by atoms with van der Waals surface area (Å²) in [4.78, 5) is 3.28. The Morgan fingerprint density at radius 1 is 1.10 bits per heavy atom. The van der Waals surface area contributed by atoms with Crippen LogP contribution in [-0.4, -0.2) is 15.7 Å². The fraction of sp³-hybridized carbons (Fsp3) is 0.235. The third-order valence-electron chi connectivity index (χ3n) is 3.40. The minimum Gasteiger partial charge on any atom is -0.489 e. The van der Waals surface area contributed by atoms with E-state index < -0.39 is 0 Å². The smallest absolute Gasteiger partial charge is 0.182 e. The summed E-state index contributed by atoms with van der Waals surface area (Å²) >= 11 is 5.52. The molecule has 1 aromatic heterocycles. The van der Waals surface area contributed by atoms with Crippen molar-refractivity contribution in [2.45, 2.75) is 26.9 Å². The summed E-state index contributed by atoms with van der Waals surface area (Å²) in [6.45, 7) is 6.13. The first kappa shape index (κ1) is 13.9. The maximum absolute atomic E-state index is 5.87. The van der Waals surface area contributed by atoms with Gasteiger partial charge in [-0.05, 0) is 56.8 Å². The van der Waals surface area contributed by atoms with Gasteiger partial charge in [-0.1, -0.05) is 24.3 Å². The standard InChI is InChI=1S/C17H18N2OS/c1-11(2)20-15-10-6-9-14-16(15)18-17(21)19(14)13-8-5-4-7-12(13)3/h4-11H,1-3H3,(H,18,21). The first-order chi connectivity index (χ1) is 10.1. The van der Waals surface area contributed by atoms with Gasteiger partial charge in [0, 0.05) is 0 Å². The molecule has 0 radical (unpaired) electrons. The number of aryl methyl sites for hydroxylation is 1. The first-order valence-electron chi connectivity index (χ1n) is 7.04. The summed E-state index contributed by atoms with van der Waals surface area (Å²) in [6, 6.07) is 14.2. The number of aromatic amines is 1. The van der Waals surface area contributed by atoms with E-state index in [9.17, 15) is 0 Å². The van der Waals surface area contributed by atoms with Gasteiger partial charge in [0.2, 0.25) is 0 Å². The number of para-hydroxylation sites is 2. The van der Waals surface area contributed by atoms with Crippen LogP contribution in [0, 0.1) is 11.7 Å². The molecule has 0 spiro atoms. The van der Waals surface area contributed by atoms with E-state index in [1.54, 1.807) is 0 Å². The molecule has 0 bridgehead atoms. The lowest BCUT2D eigenvalue weighted by atomic mass is 10.2. The highest BCUT2D eigenvalue weighted by molar-refractivity contribution is 7.71. The molecule has 3 aromatic rings. The molecule has 2 aromatic carbocycles. The molecular formula is C17H18N2OS. The Bertz CT molecular complexity index is 845. The maximum Gasteiger partial charge on any atom is 0.182 e. The second-order valence-corrected chi connectivity index (χ2v) is 5.76. The first-order valence-corrected chi connectivity index (χ1v) is 7.45. The van der Waals surface area contributed by atoms with Gasteiger partial charge in [0.05, 0.1) is 17.3 Å². The molecule has 0 aliphatic carbocycles. The molecule has 108 valence electrons. The molecule has 3 rings (SSSR count). The zero-order valence-corrected chi connectivity index (χ0v) is 13.2. The van der Waals surface area contributed by atoms with E-state index in [1.165, 1.54) is 5.56 Å². The topological polar surface area (TPSA) is 29.9 Å². The third-order valence-corrected chi connectivity index (χ3v) is 3.68. The quantitative estimate of drug-likeness (QED) is 0.705. The number of H-pyrrole nitrogens is 1. The van der Waals surface area contributed by atoms with Gasteiger partial charge < -0.3 is 9.72 Å². The van der Waals surface area contributed by atoms with Gasteiger partial charge in [0.1, 0.15) is 11.3 Å². The Kier molecular flexibility index (Phi) is 3.55. The fourth-order valence-electron chi connectivity index (χ4n) is 2.51. The highest BCUT2D eigenvalue weighted by atomic mass is 32.1. The molecule has 0 aliphatic heterocycles. The predicted octanol–water partition coefficient (Wildman–Crippen LogP) is 4.78. The number of fused-ring (bicyclic) bond motifs is 1. The number of ether oxygens (including phenoxy) is 1. The Morgan fingerprint density at radius 2 is 1.86 bits per heavy atom. The lowest BCUT2D eigenvalue weighted by molar-refractivity contribution is 0.245. The van der Waals surface area contributed by atoms with Crippen LogP contribution < -0.4 is 4.74 Å². The van der Waals surface area contributed by atoms with Gasteiger partial charge in [0.15, 0.2) is 4.77 Å². The van der Waals surface area contributed by atoms with Gasteiger partial charge in [-0.25, -0.2) is 0 Å². The number of benzene rings is 2. The Morgan fingerprint density at radius 3 is 2.57 bits per heavy atom. The van der Waals surface area contributed by atoms with Gasteiger partial charge in [-0.3, -0.25) is 4.57 Å². The number of imidazole rings is 1. The van der Waals surface area contributed by atoms with Gasteiger partial charge in [-0.2, -0.15) is 0 Å². The summed E-state index contributed by atoms with van der Waals surface area (Å²) in [5.41, 5.74) is 4.26. The van der Waals surface area contributed by atoms with Crippen LogP contribution in [0.15, 0.2) is 42.5 Å². The number of nitrogens with one attached hydrogen (secondary N) is 1. The number of hydrogen-bond acceptors (Lipinski definition) is 2. The van der Waals surface area contributed by atoms with E-state index in [4.69, 9.17) is 17.0 Å². The van der Waals surface area contributed by atoms with Crippen LogP contribution in [0.4, 0.5) is 0 Å². The summed E-state index contributed by atoms with van der Waals surface area (Å²) in [5.74, 6) is 0.834. The molecule has 0 unspecified atom stereocenters. The van der Waals surface area contributed by atoms with Crippen molar-refractivity contribution in [3.63, 3.8) is 0 Å². The van der Waals surface area contributed by atoms with Crippen molar-refractivity contribution in [2.75, 3.05) is 0 Å². The predicted molar refractivity (Wildman–Crippen MR) is 89.0 cm³/mol. The second-order valence-electron chi connectivity index (χ2n) is 5.37. The molecule has 3 nitrogen and oxygen atoms in total. The van der Waals surface area contributed by atoms with E-state index in [-0.39, 0.29) is 6.10 Å². The zero-order valence-electron chi connectivity index (χ0n) is 12.4. The fourth-order valence-corrected chi connectivity index (χ4v) is 2.81. The van der Waals surface area contributed by atoms with E-state index >= 15 is 0 Å². The van der Waals surface area contributed by atoms with Gasteiger partial charge in [-0.15, -0.1) is 0 Å². The zero-order chi connectivity index (χ0) is 15.0. The van der Waals surface area contributed by atoms with E-state index in [0.717, 1.165) is 22.5 Å². The van der Waals surface area contributed by atoms with Crippen LogP contribution in [0.25, 0.3) is 16.7 Å². The number of nitrogens with zero attached hydrogens (tertiary/aromatic N) is 1. The summed E-state index contributed by atoms with van der Waals surface area (Å²) < 4.78 is 8.61. The van der Waals surface area contributed by atoms with Crippen LogP contribution in [-0.2, 0) is 0 Å². The molecule has 1 heterocycles. The average Bonchev–Trinajstić information content (AvgIpc) is 2.76. The largest absolute Gasteiger partial charge is 0.489 e. The average molecular weight is 298 g/mol. The van der Waals surface area contributed by atoms with E-state index in [0.29, 0.717) is 4.77 Å². The molecular weight excluding hydrogens is 280 g/mol. The van der Waals surface area contributed by atoms with Crippen molar-refractivity contribution in [1.82, 2.24) is 9.55 Å². The van der Waals surface area contributed by atoms with Crippen molar-refractivity contribution in [1.29, 1.82) is 0 Å². The third kappa shape index (κ3) is 2.47. The maximum atomic E-state index is 5.87. The Hall–Kier alpha value is -2.07. The molecule has 0 saturated heterocycles. The van der Waals surface area contributed by atoms with Crippen LogP contribution in [0.5, 0.6) is 5.75 Å². The van der Waals surface area contributed by atoms with Crippen molar-refractivity contribution >= 4 is 23.3 Å². The van der Waals surface area contributed by atoms with Gasteiger partial charge >= 0.3 is 0 Å². The number of rotatable bonds is 3. The molecule has 0 saturated carbocycles. The summed E-state index contributed by atoms with van der Waals surface area (Å²) in [6.07, 6.45) is 0.124. The lowest BCUT2D eigenvalue weighted by Crippen LogP contribution is -2.05. The molecule has 4 heteroatoms. The lowest BCUT2D eigenvalue weighted by Gasteiger charge is -2.11. The van der Waals surface area contributed by atoms with Crippen LogP contribution in [0.2, 0.25) is 0 Å². The molecule has 21 heavy (non-hydrogen) atoms. The van der Waals surface area contributed by atoms with Crippen LogP contribution in [0.1, 0.15) is 19.4 Å². The number of aromatic nitrogens is 2. The van der Waals surface area contributed by atoms with Crippen molar-refractivity contribution < 1.29 is 4.74 Å². The van der Waals surface area contributed by atoms with E-state index in [2.05, 4.69) is 34.7 Å². The summed E-state index contributed by atoms with van der Waals surface area (Å²) in [7, 11) is 0. The number of hydrogen-bond donors (Lipinski definition) is 1. The Balaban J connectivity index is 2.28. The van der Waals surface area contributed by atoms with Crippen molar-refractivity contribution in [3.05, 3.63) is 52.8 Å². The van der Waals surface area contributed by atoms with Crippen LogP contribution >= 0.6 is 12.2 Å². The highest BCUT2D eigenvalue weighted by Crippen LogP contribution is 2.28. The monoisotopic (exact) mass is 298 g/mol. The van der Waals surface area contributed by atoms with Crippen molar-refractivity contribution in [2.24, 2.45) is 0 Å². The minimum absolute atomic E-state index is 0.124. The SMILES string of the molecule is Cc1ccccc1-n1c(=S)[nH]c2c(OC(C)C)cccc21. The molecule has 0 fully saturated rings. The minimum atomic E-state index is 0.124. The highest BCUT2D eigenvalue weighted by Gasteiger charge is 2.12. The Labute approximate surface area is 129 Å². The van der Waals surface area contributed by atoms with Crippen molar-refractivity contribution in [3.8, 4) is 11.4 Å². The molecule has 1 N–H and O–H groups in total. The summed E-state index contributed by atoms with van der Waals surface area (Å²) in [5, 5.41) is 0. The van der Waals surface area contributed by atoms with Crippen LogP contribution in [0.3, 0.4) is 0 Å².